The summed E-state index contributed by atoms with van der Waals surface area (Å²) < 4.78 is 3.54. The summed E-state index contributed by atoms with van der Waals surface area (Å²) in [5.41, 5.74) is 1.66. The molecular weight excluding hydrogens is 422 g/mol. The van der Waals surface area contributed by atoms with Crippen LogP contribution in [0.15, 0.2) is 64.5 Å². The zero-order valence-corrected chi connectivity index (χ0v) is 18.6. The fourth-order valence-corrected chi connectivity index (χ4v) is 5.13. The van der Waals surface area contributed by atoms with Gasteiger partial charge in [-0.25, -0.2) is 0 Å². The molecular formula is C24H25N5O2S. The Balaban J connectivity index is 1.48. The lowest BCUT2D eigenvalue weighted by Crippen LogP contribution is -2.37. The number of para-hydroxylation sites is 1. The third-order valence-electron chi connectivity index (χ3n) is 5.96. The van der Waals surface area contributed by atoms with Gasteiger partial charge >= 0.3 is 0 Å². The quantitative estimate of drug-likeness (QED) is 0.457. The molecule has 2 heterocycles. The minimum atomic E-state index is -0.101. The van der Waals surface area contributed by atoms with Crippen molar-refractivity contribution in [1.82, 2.24) is 24.5 Å². The van der Waals surface area contributed by atoms with E-state index >= 15 is 0 Å². The van der Waals surface area contributed by atoms with Crippen LogP contribution in [0.4, 0.5) is 0 Å². The van der Waals surface area contributed by atoms with Gasteiger partial charge in [-0.15, -0.1) is 10.2 Å². The Morgan fingerprint density at radius 2 is 1.75 bits per heavy atom. The van der Waals surface area contributed by atoms with Gasteiger partial charge in [0, 0.05) is 6.04 Å². The van der Waals surface area contributed by atoms with Gasteiger partial charge in [-0.3, -0.25) is 18.6 Å². The fourth-order valence-electron chi connectivity index (χ4n) is 4.38. The van der Waals surface area contributed by atoms with E-state index in [1.54, 1.807) is 4.57 Å². The van der Waals surface area contributed by atoms with Crippen molar-refractivity contribution in [2.24, 2.45) is 0 Å². The maximum atomic E-state index is 13.3. The lowest BCUT2D eigenvalue weighted by Gasteiger charge is -2.22. The van der Waals surface area contributed by atoms with Crippen molar-refractivity contribution in [3.63, 3.8) is 0 Å². The van der Waals surface area contributed by atoms with Gasteiger partial charge in [-0.1, -0.05) is 73.5 Å². The topological polar surface area (TPSA) is 81.3 Å². The van der Waals surface area contributed by atoms with E-state index in [-0.39, 0.29) is 23.3 Å². The Morgan fingerprint density at radius 3 is 2.56 bits per heavy atom. The largest absolute Gasteiger partial charge is 0.353 e. The highest BCUT2D eigenvalue weighted by molar-refractivity contribution is 7.99. The molecule has 2 aromatic heterocycles. The van der Waals surface area contributed by atoms with E-state index in [4.69, 9.17) is 0 Å². The maximum absolute atomic E-state index is 13.3. The number of carbonyl (C=O) groups is 1. The van der Waals surface area contributed by atoms with Crippen LogP contribution in [-0.4, -0.2) is 36.9 Å². The molecule has 7 nitrogen and oxygen atoms in total. The van der Waals surface area contributed by atoms with Gasteiger partial charge in [0.25, 0.3) is 5.56 Å². The van der Waals surface area contributed by atoms with E-state index in [9.17, 15) is 9.59 Å². The Bertz CT molecular complexity index is 1310. The number of fused-ring (bicyclic) bond motifs is 3. The molecule has 32 heavy (non-hydrogen) atoms. The standard InChI is InChI=1S/C24H25N5O2S/c30-21(25-18-11-5-2-6-12-18)16-32-24-27-26-23-28(15-17-9-3-1-4-10-17)22(31)19-13-7-8-14-20(19)29(23)24/h1,3-4,7-10,13-14,18H,2,5-6,11-12,15-16H2,(H,25,30). The number of thioether (sulfide) groups is 1. The van der Waals surface area contributed by atoms with Crippen LogP contribution in [0, 0.1) is 0 Å². The second kappa shape index (κ2) is 9.16. The van der Waals surface area contributed by atoms with Crippen LogP contribution in [0.25, 0.3) is 16.7 Å². The highest BCUT2D eigenvalue weighted by atomic mass is 32.2. The molecule has 0 radical (unpaired) electrons. The number of aromatic nitrogens is 4. The molecule has 1 saturated carbocycles. The summed E-state index contributed by atoms with van der Waals surface area (Å²) in [7, 11) is 0. The van der Waals surface area contributed by atoms with Crippen LogP contribution in [0.5, 0.6) is 0 Å². The number of nitrogens with one attached hydrogen (secondary N) is 1. The predicted octanol–water partition coefficient (Wildman–Crippen LogP) is 3.63. The van der Waals surface area contributed by atoms with Crippen molar-refractivity contribution in [2.75, 3.05) is 5.75 Å². The molecule has 4 aromatic rings. The first-order chi connectivity index (χ1) is 15.7. The monoisotopic (exact) mass is 447 g/mol. The molecule has 8 heteroatoms. The average molecular weight is 448 g/mol. The molecule has 0 saturated heterocycles. The molecule has 1 aliphatic carbocycles. The average Bonchev–Trinajstić information content (AvgIpc) is 3.26. The number of rotatable bonds is 6. The summed E-state index contributed by atoms with van der Waals surface area (Å²) in [5.74, 6) is 0.761. The third-order valence-corrected chi connectivity index (χ3v) is 6.89. The van der Waals surface area contributed by atoms with E-state index in [2.05, 4.69) is 15.5 Å². The van der Waals surface area contributed by atoms with Gasteiger partial charge in [0.2, 0.25) is 11.7 Å². The van der Waals surface area contributed by atoms with Gasteiger partial charge in [0.15, 0.2) is 5.16 Å². The second-order valence-corrected chi connectivity index (χ2v) is 9.15. The lowest BCUT2D eigenvalue weighted by molar-refractivity contribution is -0.119. The summed E-state index contributed by atoms with van der Waals surface area (Å²) in [6.07, 6.45) is 5.72. The van der Waals surface area contributed by atoms with Crippen LogP contribution in [-0.2, 0) is 11.3 Å². The molecule has 1 aliphatic rings. The Hall–Kier alpha value is -3.13. The minimum Gasteiger partial charge on any atom is -0.353 e. The van der Waals surface area contributed by atoms with Gasteiger partial charge in [-0.2, -0.15) is 0 Å². The van der Waals surface area contributed by atoms with Crippen LogP contribution in [0.1, 0.15) is 37.7 Å². The Morgan fingerprint density at radius 1 is 1.00 bits per heavy atom. The number of hydrogen-bond acceptors (Lipinski definition) is 5. The molecule has 1 N–H and O–H groups in total. The summed E-state index contributed by atoms with van der Waals surface area (Å²) >= 11 is 1.35. The van der Waals surface area contributed by atoms with Crippen molar-refractivity contribution >= 4 is 34.3 Å². The molecule has 164 valence electrons. The highest BCUT2D eigenvalue weighted by Gasteiger charge is 2.19. The van der Waals surface area contributed by atoms with Crippen molar-refractivity contribution < 1.29 is 4.79 Å². The van der Waals surface area contributed by atoms with Crippen molar-refractivity contribution in [3.8, 4) is 0 Å². The maximum Gasteiger partial charge on any atom is 0.263 e. The Kier molecular flexibility index (Phi) is 5.94. The normalized spacial score (nSPS) is 14.8. The molecule has 2 aromatic carbocycles. The molecule has 0 atom stereocenters. The molecule has 0 aliphatic heterocycles. The number of amides is 1. The number of carbonyl (C=O) groups excluding carboxylic acids is 1. The van der Waals surface area contributed by atoms with Crippen molar-refractivity contribution in [1.29, 1.82) is 0 Å². The number of nitrogens with zero attached hydrogens (tertiary/aromatic N) is 4. The van der Waals surface area contributed by atoms with E-state index in [1.165, 1.54) is 31.0 Å². The molecule has 0 spiro atoms. The summed E-state index contributed by atoms with van der Waals surface area (Å²) in [6, 6.07) is 17.6. The number of benzene rings is 2. The molecule has 0 bridgehead atoms. The van der Waals surface area contributed by atoms with E-state index in [1.807, 2.05) is 59.0 Å². The highest BCUT2D eigenvalue weighted by Crippen LogP contribution is 2.23. The first-order valence-electron chi connectivity index (χ1n) is 11.0. The number of hydrogen-bond donors (Lipinski definition) is 1. The SMILES string of the molecule is O=C(CSc1nnc2n(Cc3ccccc3)c(=O)c3ccccc3n12)NC1CCCCC1. The summed E-state index contributed by atoms with van der Waals surface area (Å²) in [6.45, 7) is 0.402. The van der Waals surface area contributed by atoms with Crippen LogP contribution >= 0.6 is 11.8 Å². The first kappa shape index (κ1) is 20.8. The second-order valence-electron chi connectivity index (χ2n) is 8.20. The zero-order valence-electron chi connectivity index (χ0n) is 17.7. The molecule has 1 amide bonds. The Labute approximate surface area is 189 Å². The van der Waals surface area contributed by atoms with Gasteiger partial charge in [0.1, 0.15) is 0 Å². The molecule has 5 rings (SSSR count). The van der Waals surface area contributed by atoms with Gasteiger partial charge in [0.05, 0.1) is 23.2 Å². The zero-order chi connectivity index (χ0) is 21.9. The molecule has 1 fully saturated rings. The van der Waals surface area contributed by atoms with Crippen LogP contribution in [0.3, 0.4) is 0 Å². The first-order valence-corrected chi connectivity index (χ1v) is 12.0. The summed E-state index contributed by atoms with van der Waals surface area (Å²) in [4.78, 5) is 25.8. The minimum absolute atomic E-state index is 0.0144. The predicted molar refractivity (Wildman–Crippen MR) is 126 cm³/mol. The van der Waals surface area contributed by atoms with E-state index in [0.29, 0.717) is 22.9 Å². The van der Waals surface area contributed by atoms with Crippen LogP contribution < -0.4 is 10.9 Å². The van der Waals surface area contributed by atoms with E-state index < -0.39 is 0 Å². The third kappa shape index (κ3) is 4.14. The van der Waals surface area contributed by atoms with E-state index in [0.717, 1.165) is 23.9 Å². The molecule has 0 unspecified atom stereocenters. The van der Waals surface area contributed by atoms with Gasteiger partial charge in [-0.05, 0) is 30.5 Å². The van der Waals surface area contributed by atoms with Crippen molar-refractivity contribution in [2.45, 2.75) is 49.8 Å². The lowest BCUT2D eigenvalue weighted by atomic mass is 9.95. The van der Waals surface area contributed by atoms with Crippen LogP contribution in [0.2, 0.25) is 0 Å². The smallest absolute Gasteiger partial charge is 0.263 e. The summed E-state index contributed by atoms with van der Waals surface area (Å²) in [5, 5.41) is 13.0. The van der Waals surface area contributed by atoms with Crippen molar-refractivity contribution in [3.05, 3.63) is 70.5 Å². The fraction of sp³-hybridized carbons (Fsp3) is 0.333. The van der Waals surface area contributed by atoms with Gasteiger partial charge < -0.3 is 5.32 Å².